The molecular formula is C36H70N2O18. The van der Waals surface area contributed by atoms with Gasteiger partial charge in [-0.2, -0.15) is 0 Å². The largest absolute Gasteiger partial charge is 0.480 e. The Hall–Kier alpha value is -2.31. The minimum Gasteiger partial charge on any atom is -0.480 e. The lowest BCUT2D eigenvalue weighted by molar-refractivity contribution is -0.143. The van der Waals surface area contributed by atoms with E-state index in [-0.39, 0.29) is 12.7 Å². The molecule has 0 radical (unpaired) electrons. The third-order valence-corrected chi connectivity index (χ3v) is 6.40. The van der Waals surface area contributed by atoms with Gasteiger partial charge in [0.1, 0.15) is 18.8 Å². The molecule has 0 heterocycles. The van der Waals surface area contributed by atoms with E-state index in [1.165, 1.54) is 4.90 Å². The Morgan fingerprint density at radius 1 is 0.446 bits per heavy atom. The number of nitrogens with zero attached hydrogens (tertiary/aromatic N) is 1. The molecule has 0 aromatic heterocycles. The van der Waals surface area contributed by atoms with Crippen LogP contribution in [0.1, 0.15) is 20.8 Å². The van der Waals surface area contributed by atoms with Crippen molar-refractivity contribution in [1.29, 1.82) is 0 Å². The molecule has 0 saturated heterocycles. The molecule has 2 amide bonds. The number of amides is 2. The third kappa shape index (κ3) is 44.4. The molecule has 0 bridgehead atoms. The normalized spacial score (nSPS) is 11.6. The van der Waals surface area contributed by atoms with Crippen LogP contribution in [0.3, 0.4) is 0 Å². The molecule has 56 heavy (non-hydrogen) atoms. The van der Waals surface area contributed by atoms with E-state index in [1.54, 1.807) is 7.05 Å². The molecular weight excluding hydrogens is 748 g/mol. The number of nitrogens with one attached hydrogen (secondary N) is 1. The van der Waals surface area contributed by atoms with Gasteiger partial charge in [-0.1, -0.05) is 0 Å². The van der Waals surface area contributed by atoms with E-state index in [4.69, 9.17) is 66.7 Å². The molecule has 332 valence electrons. The number of aliphatic carboxylic acids is 1. The van der Waals surface area contributed by atoms with Crippen LogP contribution in [0.2, 0.25) is 0 Å². The molecule has 0 unspecified atom stereocenters. The predicted octanol–water partition coefficient (Wildman–Crippen LogP) is 0.270. The van der Waals surface area contributed by atoms with Crippen molar-refractivity contribution in [2.24, 2.45) is 0 Å². The van der Waals surface area contributed by atoms with Crippen molar-refractivity contribution in [2.75, 3.05) is 192 Å². The number of hydrogen-bond donors (Lipinski definition) is 2. The summed E-state index contributed by atoms with van der Waals surface area (Å²) in [4.78, 5) is 35.0. The van der Waals surface area contributed by atoms with Crippen molar-refractivity contribution in [3.63, 3.8) is 0 Å². The van der Waals surface area contributed by atoms with Gasteiger partial charge < -0.3 is 81.6 Å². The fourth-order valence-corrected chi connectivity index (χ4v) is 3.70. The lowest BCUT2D eigenvalue weighted by Gasteiger charge is -2.24. The average Bonchev–Trinajstić information content (AvgIpc) is 3.14. The number of rotatable bonds is 43. The van der Waals surface area contributed by atoms with Gasteiger partial charge in [0.25, 0.3) is 0 Å². The maximum atomic E-state index is 11.9. The summed E-state index contributed by atoms with van der Waals surface area (Å²) in [6.45, 7) is 16.1. The summed E-state index contributed by atoms with van der Waals surface area (Å²) in [6, 6.07) is 0. The first-order valence-electron chi connectivity index (χ1n) is 19.0. The van der Waals surface area contributed by atoms with Crippen molar-refractivity contribution in [3.05, 3.63) is 0 Å². The Balaban J connectivity index is 3.16. The number of carboxylic acid groups (broad SMARTS) is 1. The van der Waals surface area contributed by atoms with Gasteiger partial charge in [-0.05, 0) is 20.8 Å². The molecule has 0 saturated carbocycles. The summed E-state index contributed by atoms with van der Waals surface area (Å²) < 4.78 is 75.4. The zero-order valence-electron chi connectivity index (χ0n) is 34.1. The van der Waals surface area contributed by atoms with Crippen LogP contribution in [-0.4, -0.2) is 225 Å². The number of carbonyl (C=O) groups excluding carboxylic acids is 2. The lowest BCUT2D eigenvalue weighted by Crippen LogP contribution is -2.36. The summed E-state index contributed by atoms with van der Waals surface area (Å²) in [5, 5.41) is 11.0. The molecule has 0 aliphatic heterocycles. The van der Waals surface area contributed by atoms with Gasteiger partial charge in [-0.3, -0.25) is 4.79 Å². The van der Waals surface area contributed by atoms with Crippen LogP contribution >= 0.6 is 0 Å². The van der Waals surface area contributed by atoms with Gasteiger partial charge >= 0.3 is 12.1 Å². The highest BCUT2D eigenvalue weighted by molar-refractivity contribution is 5.77. The molecule has 0 spiro atoms. The SMILES string of the molecule is CN(CCOCCOCCOCCOCCOCCOCCOCCOCCOCCOCCOCCOCCNC(=O)COCC(=O)O)C(=O)OC(C)(C)C. The Labute approximate surface area is 332 Å². The number of ether oxygens (including phenoxy) is 14. The standard InChI is InChI=1S/C36H70N2O18/c1-36(2,3)56-35(42)38(4)6-8-44-10-12-46-14-16-48-18-20-50-22-24-52-26-28-54-30-29-53-27-25-51-23-21-49-19-17-47-15-13-45-11-9-43-7-5-37-33(39)31-55-32-34(40)41/h5-32H2,1-4H3,(H,37,39)(H,40,41). The first-order valence-corrected chi connectivity index (χ1v) is 19.0. The van der Waals surface area contributed by atoms with Crippen molar-refractivity contribution in [3.8, 4) is 0 Å². The Morgan fingerprint density at radius 3 is 1.02 bits per heavy atom. The van der Waals surface area contributed by atoms with E-state index in [0.717, 1.165) is 0 Å². The molecule has 0 atom stereocenters. The number of likely N-dealkylation sites (N-methyl/N-ethyl adjacent to an activating group) is 1. The second kappa shape index (κ2) is 40.9. The minimum absolute atomic E-state index is 0.294. The van der Waals surface area contributed by atoms with Crippen LogP contribution in [0.25, 0.3) is 0 Å². The van der Waals surface area contributed by atoms with Crippen molar-refractivity contribution in [1.82, 2.24) is 10.2 Å². The Bertz CT molecular complexity index is 899. The second-order valence-corrected chi connectivity index (χ2v) is 12.5. The first kappa shape index (κ1) is 53.7. The van der Waals surface area contributed by atoms with Gasteiger partial charge in [-0.15, -0.1) is 0 Å². The molecule has 0 aromatic carbocycles. The zero-order valence-corrected chi connectivity index (χ0v) is 34.1. The molecule has 20 nitrogen and oxygen atoms in total. The summed E-state index contributed by atoms with van der Waals surface area (Å²) >= 11 is 0. The smallest absolute Gasteiger partial charge is 0.410 e. The minimum atomic E-state index is -1.13. The zero-order chi connectivity index (χ0) is 41.2. The van der Waals surface area contributed by atoms with Crippen molar-refractivity contribution >= 4 is 18.0 Å². The fraction of sp³-hybridized carbons (Fsp3) is 0.917. The lowest BCUT2D eigenvalue weighted by atomic mass is 10.2. The van der Waals surface area contributed by atoms with Crippen LogP contribution in [0.5, 0.6) is 0 Å². The quantitative estimate of drug-likeness (QED) is 0.0790. The summed E-state index contributed by atoms with van der Waals surface area (Å²) in [6.07, 6.45) is -0.372. The predicted molar refractivity (Wildman–Crippen MR) is 200 cm³/mol. The Morgan fingerprint density at radius 2 is 0.732 bits per heavy atom. The maximum Gasteiger partial charge on any atom is 0.410 e. The Kier molecular flexibility index (Phi) is 39.2. The molecule has 20 heteroatoms. The van der Waals surface area contributed by atoms with Gasteiger partial charge in [0, 0.05) is 20.1 Å². The third-order valence-electron chi connectivity index (χ3n) is 6.40. The van der Waals surface area contributed by atoms with Crippen LogP contribution < -0.4 is 5.32 Å². The van der Waals surface area contributed by atoms with Crippen LogP contribution in [0.4, 0.5) is 4.79 Å². The van der Waals surface area contributed by atoms with Gasteiger partial charge in [0.2, 0.25) is 5.91 Å². The van der Waals surface area contributed by atoms with E-state index in [9.17, 15) is 14.4 Å². The summed E-state index contributed by atoms with van der Waals surface area (Å²) in [5.74, 6) is -1.53. The maximum absolute atomic E-state index is 11.9. The van der Waals surface area contributed by atoms with Crippen molar-refractivity contribution in [2.45, 2.75) is 26.4 Å². The van der Waals surface area contributed by atoms with E-state index in [0.29, 0.717) is 172 Å². The van der Waals surface area contributed by atoms with Crippen molar-refractivity contribution < 1.29 is 85.8 Å². The van der Waals surface area contributed by atoms with E-state index in [1.807, 2.05) is 20.8 Å². The molecule has 0 fully saturated rings. The first-order chi connectivity index (χ1) is 27.1. The number of carbonyl (C=O) groups is 3. The molecule has 0 rings (SSSR count). The van der Waals surface area contributed by atoms with Gasteiger partial charge in [0.05, 0.1) is 159 Å². The topological polar surface area (TPSA) is 216 Å². The molecule has 0 aliphatic carbocycles. The van der Waals surface area contributed by atoms with Crippen LogP contribution in [0, 0.1) is 0 Å². The monoisotopic (exact) mass is 818 g/mol. The van der Waals surface area contributed by atoms with E-state index >= 15 is 0 Å². The highest BCUT2D eigenvalue weighted by Crippen LogP contribution is 2.08. The number of carboxylic acids is 1. The average molecular weight is 819 g/mol. The molecule has 0 aromatic rings. The van der Waals surface area contributed by atoms with E-state index < -0.39 is 24.1 Å². The van der Waals surface area contributed by atoms with E-state index in [2.05, 4.69) is 10.1 Å². The van der Waals surface area contributed by atoms with Crippen LogP contribution in [-0.2, 0) is 75.9 Å². The summed E-state index contributed by atoms with van der Waals surface area (Å²) in [5.41, 5.74) is -0.519. The highest BCUT2D eigenvalue weighted by atomic mass is 16.6. The molecule has 0 aliphatic rings. The highest BCUT2D eigenvalue weighted by Gasteiger charge is 2.19. The van der Waals surface area contributed by atoms with Crippen LogP contribution in [0.15, 0.2) is 0 Å². The fourth-order valence-electron chi connectivity index (χ4n) is 3.70. The van der Waals surface area contributed by atoms with Gasteiger partial charge in [0.15, 0.2) is 0 Å². The molecule has 2 N–H and O–H groups in total. The van der Waals surface area contributed by atoms with Gasteiger partial charge in [-0.25, -0.2) is 9.59 Å². The summed E-state index contributed by atoms with van der Waals surface area (Å²) in [7, 11) is 1.67. The number of hydrogen-bond acceptors (Lipinski definition) is 17. The second-order valence-electron chi connectivity index (χ2n) is 12.5.